The van der Waals surface area contributed by atoms with Crippen LogP contribution in [0.2, 0.25) is 0 Å². The van der Waals surface area contributed by atoms with Gasteiger partial charge in [-0.25, -0.2) is 0 Å². The van der Waals surface area contributed by atoms with E-state index in [1.807, 2.05) is 36.1 Å². The van der Waals surface area contributed by atoms with Crippen LogP contribution in [0.25, 0.3) is 0 Å². The van der Waals surface area contributed by atoms with Crippen molar-refractivity contribution in [1.82, 2.24) is 13.5 Å². The minimum atomic E-state index is -3.60. The van der Waals surface area contributed by atoms with Crippen LogP contribution in [0.3, 0.4) is 0 Å². The van der Waals surface area contributed by atoms with E-state index in [1.165, 1.54) is 8.61 Å². The lowest BCUT2D eigenvalue weighted by atomic mass is 10.0. The molecule has 2 aliphatic rings. The summed E-state index contributed by atoms with van der Waals surface area (Å²) in [6, 6.07) is 7.90. The third kappa shape index (κ3) is 4.45. The maximum Gasteiger partial charge on any atom is 0.282 e. The lowest BCUT2D eigenvalue weighted by Gasteiger charge is -2.36. The van der Waals surface area contributed by atoms with Gasteiger partial charge in [-0.15, -0.1) is 0 Å². The van der Waals surface area contributed by atoms with E-state index in [1.54, 1.807) is 0 Å². The van der Waals surface area contributed by atoms with Crippen molar-refractivity contribution in [2.24, 2.45) is 5.92 Å². The van der Waals surface area contributed by atoms with Crippen molar-refractivity contribution in [2.45, 2.75) is 39.7 Å². The maximum absolute atomic E-state index is 13.0. The van der Waals surface area contributed by atoms with Crippen molar-refractivity contribution >= 4 is 16.1 Å². The molecule has 144 valence electrons. The molecule has 2 aliphatic heterocycles. The summed E-state index contributed by atoms with van der Waals surface area (Å²) in [6.07, 6.45) is 2.88. The number of carbonyl (C=O) groups is 1. The van der Waals surface area contributed by atoms with Gasteiger partial charge in [-0.1, -0.05) is 36.8 Å². The summed E-state index contributed by atoms with van der Waals surface area (Å²) in [5.74, 6) is 0.418. The Morgan fingerprint density at radius 2 is 1.92 bits per heavy atom. The molecule has 1 aromatic rings. The van der Waals surface area contributed by atoms with Crippen molar-refractivity contribution in [3.05, 3.63) is 35.4 Å². The average Bonchev–Trinajstić information content (AvgIpc) is 2.58. The largest absolute Gasteiger partial charge is 0.341 e. The Morgan fingerprint density at radius 1 is 1.15 bits per heavy atom. The molecule has 6 nitrogen and oxygen atoms in total. The molecule has 0 bridgehead atoms. The predicted octanol–water partition coefficient (Wildman–Crippen LogP) is 2.01. The van der Waals surface area contributed by atoms with Gasteiger partial charge < -0.3 is 4.90 Å². The highest BCUT2D eigenvalue weighted by atomic mass is 32.2. The smallest absolute Gasteiger partial charge is 0.282 e. The molecule has 0 radical (unpaired) electrons. The quantitative estimate of drug-likeness (QED) is 0.804. The van der Waals surface area contributed by atoms with Crippen LogP contribution in [0.1, 0.15) is 37.3 Å². The lowest BCUT2D eigenvalue weighted by molar-refractivity contribution is -0.133. The Balaban J connectivity index is 1.67. The molecule has 0 aliphatic carbocycles. The molecule has 0 N–H and O–H groups in total. The molecule has 2 fully saturated rings. The first kappa shape index (κ1) is 19.3. The van der Waals surface area contributed by atoms with Crippen LogP contribution < -0.4 is 0 Å². The summed E-state index contributed by atoms with van der Waals surface area (Å²) in [5, 5.41) is 0. The number of hydrogen-bond acceptors (Lipinski definition) is 3. The Hall–Kier alpha value is -1.44. The normalized spacial score (nSPS) is 24.5. The molecule has 2 heterocycles. The molecule has 0 spiro atoms. The van der Waals surface area contributed by atoms with E-state index in [9.17, 15) is 13.2 Å². The zero-order chi connectivity index (χ0) is 18.7. The van der Waals surface area contributed by atoms with Gasteiger partial charge in [0.2, 0.25) is 5.91 Å². The van der Waals surface area contributed by atoms with Gasteiger partial charge in [0, 0.05) is 32.7 Å². The van der Waals surface area contributed by atoms with E-state index in [2.05, 4.69) is 6.92 Å². The predicted molar refractivity (Wildman–Crippen MR) is 102 cm³/mol. The Kier molecular flexibility index (Phi) is 5.99. The Labute approximate surface area is 157 Å². The third-order valence-corrected chi connectivity index (χ3v) is 7.16. The molecule has 26 heavy (non-hydrogen) atoms. The van der Waals surface area contributed by atoms with Crippen LogP contribution >= 0.6 is 0 Å². The number of carbonyl (C=O) groups excluding carboxylic acids is 1. The van der Waals surface area contributed by atoms with E-state index >= 15 is 0 Å². The zero-order valence-corrected chi connectivity index (χ0v) is 16.5. The maximum atomic E-state index is 13.0. The molecule has 0 aromatic heterocycles. The number of rotatable bonds is 4. The fourth-order valence-corrected chi connectivity index (χ4v) is 5.45. The molecule has 3 rings (SSSR count). The van der Waals surface area contributed by atoms with E-state index < -0.39 is 10.2 Å². The highest BCUT2D eigenvalue weighted by molar-refractivity contribution is 7.86. The van der Waals surface area contributed by atoms with Gasteiger partial charge in [0.05, 0.1) is 6.54 Å². The number of likely N-dealkylation sites (tertiary alicyclic amines) is 1. The first-order valence-electron chi connectivity index (χ1n) is 9.45. The standard InChI is InChI=1S/C19H29N3O3S/c1-16-6-3-8-18(12-16)14-21-10-5-11-22(26(21,24)25)15-19(23)20-9-4-7-17(2)13-20/h3,6,8,12,17H,4-5,7,9-11,13-15H2,1-2H3/t17-/m0/s1. The highest BCUT2D eigenvalue weighted by Crippen LogP contribution is 2.21. The number of hydrogen-bond donors (Lipinski definition) is 0. The van der Waals surface area contributed by atoms with Crippen LogP contribution in [-0.4, -0.2) is 60.6 Å². The second-order valence-corrected chi connectivity index (χ2v) is 9.53. The SMILES string of the molecule is Cc1cccc(CN2CCCN(CC(=O)N3CCC[C@H](C)C3)S2(=O)=O)c1. The fraction of sp³-hybridized carbons (Fsp3) is 0.632. The average molecular weight is 380 g/mol. The van der Waals surface area contributed by atoms with E-state index in [0.717, 1.165) is 43.5 Å². The van der Waals surface area contributed by atoms with Gasteiger partial charge in [-0.2, -0.15) is 17.0 Å². The number of benzene rings is 1. The second kappa shape index (κ2) is 8.06. The fourth-order valence-electron chi connectivity index (χ4n) is 3.82. The number of nitrogens with zero attached hydrogens (tertiary/aromatic N) is 3. The Bertz CT molecular complexity index is 750. The zero-order valence-electron chi connectivity index (χ0n) is 15.7. The van der Waals surface area contributed by atoms with Crippen molar-refractivity contribution < 1.29 is 13.2 Å². The summed E-state index contributed by atoms with van der Waals surface area (Å²) < 4.78 is 28.8. The van der Waals surface area contributed by atoms with Gasteiger partial charge in [0.25, 0.3) is 10.2 Å². The summed E-state index contributed by atoms with van der Waals surface area (Å²) in [7, 11) is -3.60. The van der Waals surface area contributed by atoms with Crippen molar-refractivity contribution in [2.75, 3.05) is 32.7 Å². The third-order valence-electron chi connectivity index (χ3n) is 5.23. The van der Waals surface area contributed by atoms with Gasteiger partial charge in [-0.05, 0) is 37.7 Å². The molecule has 0 unspecified atom stereocenters. The van der Waals surface area contributed by atoms with Crippen LogP contribution in [0.4, 0.5) is 0 Å². The van der Waals surface area contributed by atoms with Gasteiger partial charge in [-0.3, -0.25) is 4.79 Å². The van der Waals surface area contributed by atoms with Crippen molar-refractivity contribution in [1.29, 1.82) is 0 Å². The minimum Gasteiger partial charge on any atom is -0.341 e. The monoisotopic (exact) mass is 379 g/mol. The van der Waals surface area contributed by atoms with E-state index in [0.29, 0.717) is 25.6 Å². The molecule has 2 saturated heterocycles. The molecule has 7 heteroatoms. The first-order valence-corrected chi connectivity index (χ1v) is 10.8. The van der Waals surface area contributed by atoms with Gasteiger partial charge in [0.1, 0.15) is 0 Å². The minimum absolute atomic E-state index is 0.0423. The summed E-state index contributed by atoms with van der Waals surface area (Å²) in [5.41, 5.74) is 2.09. The molecule has 0 saturated carbocycles. The Morgan fingerprint density at radius 3 is 2.65 bits per heavy atom. The summed E-state index contributed by atoms with van der Waals surface area (Å²) >= 11 is 0. The summed E-state index contributed by atoms with van der Waals surface area (Å²) in [4.78, 5) is 14.4. The molecular formula is C19H29N3O3S. The van der Waals surface area contributed by atoms with Gasteiger partial charge in [0.15, 0.2) is 0 Å². The molecule has 1 amide bonds. The molecule has 1 aromatic carbocycles. The lowest BCUT2D eigenvalue weighted by Crippen LogP contribution is -2.53. The highest BCUT2D eigenvalue weighted by Gasteiger charge is 2.36. The first-order chi connectivity index (χ1) is 12.4. The van der Waals surface area contributed by atoms with Crippen LogP contribution in [-0.2, 0) is 21.5 Å². The summed E-state index contributed by atoms with van der Waals surface area (Å²) in [6.45, 7) is 6.85. The topological polar surface area (TPSA) is 60.9 Å². The molecule has 1 atom stereocenters. The van der Waals surface area contributed by atoms with Crippen molar-refractivity contribution in [3.8, 4) is 0 Å². The van der Waals surface area contributed by atoms with Crippen LogP contribution in [0, 0.1) is 12.8 Å². The van der Waals surface area contributed by atoms with Crippen LogP contribution in [0.15, 0.2) is 24.3 Å². The number of piperidine rings is 1. The van der Waals surface area contributed by atoms with E-state index in [-0.39, 0.29) is 12.5 Å². The molecular weight excluding hydrogens is 350 g/mol. The van der Waals surface area contributed by atoms with Gasteiger partial charge >= 0.3 is 0 Å². The number of amides is 1. The van der Waals surface area contributed by atoms with Crippen LogP contribution in [0.5, 0.6) is 0 Å². The second-order valence-electron chi connectivity index (χ2n) is 7.60. The van der Waals surface area contributed by atoms with Crippen molar-refractivity contribution in [3.63, 3.8) is 0 Å². The van der Waals surface area contributed by atoms with E-state index in [4.69, 9.17) is 0 Å². The number of aryl methyl sites for hydroxylation is 1.